The topological polar surface area (TPSA) is 72.1 Å². The molecule has 3 rings (SSSR count). The van der Waals surface area contributed by atoms with Crippen molar-refractivity contribution in [2.75, 3.05) is 44.1 Å². The molecule has 1 heterocycles. The van der Waals surface area contributed by atoms with Gasteiger partial charge in [-0.2, -0.15) is 0 Å². The van der Waals surface area contributed by atoms with Gasteiger partial charge in [0, 0.05) is 38.1 Å². The van der Waals surface area contributed by atoms with Gasteiger partial charge in [0.15, 0.2) is 17.5 Å². The Bertz CT molecular complexity index is 742. The fourth-order valence-corrected chi connectivity index (χ4v) is 2.57. The molecule has 0 radical (unpaired) electrons. The van der Waals surface area contributed by atoms with E-state index in [9.17, 15) is 0 Å². The van der Waals surface area contributed by atoms with Crippen LogP contribution in [-0.4, -0.2) is 39.8 Å². The Kier molecular flexibility index (Phi) is 5.28. The maximum atomic E-state index is 5.97. The number of benzene rings is 2. The Morgan fingerprint density at radius 2 is 1.80 bits per heavy atom. The lowest BCUT2D eigenvalue weighted by molar-refractivity contribution is 0.171. The summed E-state index contributed by atoms with van der Waals surface area (Å²) in [6.07, 6.45) is 0.844. The molecule has 25 heavy (non-hydrogen) atoms. The highest BCUT2D eigenvalue weighted by Gasteiger charge is 2.11. The van der Waals surface area contributed by atoms with Crippen molar-refractivity contribution in [1.29, 1.82) is 0 Å². The second-order valence-electron chi connectivity index (χ2n) is 6.06. The largest absolute Gasteiger partial charge is 0.486 e. The van der Waals surface area contributed by atoms with Crippen LogP contribution in [0.4, 0.5) is 11.4 Å². The van der Waals surface area contributed by atoms with Crippen molar-refractivity contribution in [3.63, 3.8) is 0 Å². The van der Waals surface area contributed by atoms with E-state index in [1.807, 2.05) is 32.3 Å². The summed E-state index contributed by atoms with van der Waals surface area (Å²) in [4.78, 5) is 6.47. The fraction of sp³-hybridized carbons (Fsp3) is 0.316. The highest BCUT2D eigenvalue weighted by molar-refractivity contribution is 5.92. The first-order chi connectivity index (χ1) is 12.1. The molecule has 0 unspecified atom stereocenters. The quantitative estimate of drug-likeness (QED) is 0.646. The minimum Gasteiger partial charge on any atom is -0.486 e. The molecular formula is C19H24N4O2. The van der Waals surface area contributed by atoms with E-state index in [4.69, 9.17) is 15.2 Å². The van der Waals surface area contributed by atoms with Crippen LogP contribution in [0.15, 0.2) is 47.5 Å². The average Bonchev–Trinajstić information content (AvgIpc) is 2.62. The molecule has 0 aromatic heterocycles. The van der Waals surface area contributed by atoms with Gasteiger partial charge in [-0.1, -0.05) is 12.1 Å². The van der Waals surface area contributed by atoms with Gasteiger partial charge >= 0.3 is 0 Å². The zero-order chi connectivity index (χ0) is 17.6. The number of ether oxygens (including phenoxy) is 2. The van der Waals surface area contributed by atoms with Crippen molar-refractivity contribution >= 4 is 17.3 Å². The Morgan fingerprint density at radius 1 is 1.08 bits per heavy atom. The summed E-state index contributed by atoms with van der Waals surface area (Å²) in [5.41, 5.74) is 9.23. The van der Waals surface area contributed by atoms with Crippen LogP contribution in [0.1, 0.15) is 5.56 Å². The molecule has 0 amide bonds. The van der Waals surface area contributed by atoms with E-state index >= 15 is 0 Å². The van der Waals surface area contributed by atoms with Gasteiger partial charge in [-0.3, -0.25) is 4.99 Å². The van der Waals surface area contributed by atoms with Crippen molar-refractivity contribution in [2.24, 2.45) is 10.7 Å². The SMILES string of the molecule is CN(C)c1ccc(CCN=C(N)Nc2ccc3c(c2)OCCO3)cc1. The molecule has 0 saturated carbocycles. The molecule has 0 spiro atoms. The lowest BCUT2D eigenvalue weighted by Crippen LogP contribution is -2.23. The molecule has 0 saturated heterocycles. The summed E-state index contributed by atoms with van der Waals surface area (Å²) in [5.74, 6) is 1.88. The molecule has 3 N–H and O–H groups in total. The predicted molar refractivity (Wildman–Crippen MR) is 102 cm³/mol. The fourth-order valence-electron chi connectivity index (χ4n) is 2.57. The first-order valence-corrected chi connectivity index (χ1v) is 8.35. The van der Waals surface area contributed by atoms with Crippen LogP contribution in [0.3, 0.4) is 0 Å². The minimum absolute atomic E-state index is 0.390. The standard InChI is InChI=1S/C19H24N4O2/c1-23(2)16-6-3-14(4-7-16)9-10-21-19(20)22-15-5-8-17-18(13-15)25-12-11-24-17/h3-8,13H,9-12H2,1-2H3,(H3,20,21,22). The van der Waals surface area contributed by atoms with Crippen molar-refractivity contribution in [1.82, 2.24) is 0 Å². The molecule has 0 bridgehead atoms. The first kappa shape index (κ1) is 17.0. The summed E-state index contributed by atoms with van der Waals surface area (Å²) < 4.78 is 11.1. The number of nitrogens with one attached hydrogen (secondary N) is 1. The summed E-state index contributed by atoms with van der Waals surface area (Å²) in [6.45, 7) is 1.77. The number of aliphatic imine (C=N–C) groups is 1. The number of anilines is 2. The normalized spacial score (nSPS) is 13.4. The van der Waals surface area contributed by atoms with Crippen molar-refractivity contribution in [3.05, 3.63) is 48.0 Å². The van der Waals surface area contributed by atoms with Crippen LogP contribution in [0, 0.1) is 0 Å². The maximum Gasteiger partial charge on any atom is 0.193 e. The second kappa shape index (κ2) is 7.79. The van der Waals surface area contributed by atoms with Gasteiger partial charge in [0.05, 0.1) is 0 Å². The number of hydrogen-bond acceptors (Lipinski definition) is 4. The lowest BCUT2D eigenvalue weighted by Gasteiger charge is -2.19. The molecule has 0 atom stereocenters. The Labute approximate surface area is 148 Å². The number of nitrogens with zero attached hydrogens (tertiary/aromatic N) is 2. The minimum atomic E-state index is 0.390. The molecule has 2 aromatic carbocycles. The highest BCUT2D eigenvalue weighted by Crippen LogP contribution is 2.32. The zero-order valence-corrected chi connectivity index (χ0v) is 14.7. The Balaban J connectivity index is 1.53. The second-order valence-corrected chi connectivity index (χ2v) is 6.06. The van der Waals surface area contributed by atoms with E-state index in [0.717, 1.165) is 23.6 Å². The maximum absolute atomic E-state index is 5.97. The summed E-state index contributed by atoms with van der Waals surface area (Å²) in [7, 11) is 4.06. The van der Waals surface area contributed by atoms with Crippen LogP contribution in [0.2, 0.25) is 0 Å². The molecule has 0 aliphatic carbocycles. The van der Waals surface area contributed by atoms with E-state index in [1.165, 1.54) is 11.3 Å². The molecular weight excluding hydrogens is 316 g/mol. The van der Waals surface area contributed by atoms with Crippen LogP contribution in [0.5, 0.6) is 11.5 Å². The highest BCUT2D eigenvalue weighted by atomic mass is 16.6. The molecule has 132 valence electrons. The number of rotatable bonds is 5. The Hall–Kier alpha value is -2.89. The van der Waals surface area contributed by atoms with Crippen molar-refractivity contribution < 1.29 is 9.47 Å². The molecule has 1 aliphatic rings. The summed E-state index contributed by atoms with van der Waals surface area (Å²) in [5, 5.41) is 3.09. The van der Waals surface area contributed by atoms with Crippen LogP contribution < -0.4 is 25.4 Å². The van der Waals surface area contributed by atoms with E-state index in [-0.39, 0.29) is 0 Å². The van der Waals surface area contributed by atoms with Gasteiger partial charge in [-0.25, -0.2) is 0 Å². The van der Waals surface area contributed by atoms with Crippen LogP contribution >= 0.6 is 0 Å². The zero-order valence-electron chi connectivity index (χ0n) is 14.7. The van der Waals surface area contributed by atoms with Gasteiger partial charge in [-0.15, -0.1) is 0 Å². The predicted octanol–water partition coefficient (Wildman–Crippen LogP) is 2.49. The molecule has 1 aliphatic heterocycles. The number of hydrogen-bond donors (Lipinski definition) is 2. The van der Waals surface area contributed by atoms with E-state index in [1.54, 1.807) is 0 Å². The average molecular weight is 340 g/mol. The molecule has 6 heteroatoms. The summed E-state index contributed by atoms with van der Waals surface area (Å²) >= 11 is 0. The smallest absolute Gasteiger partial charge is 0.193 e. The summed E-state index contributed by atoms with van der Waals surface area (Å²) in [6, 6.07) is 14.1. The third-order valence-corrected chi connectivity index (χ3v) is 3.95. The van der Waals surface area contributed by atoms with E-state index in [0.29, 0.717) is 25.7 Å². The van der Waals surface area contributed by atoms with Crippen molar-refractivity contribution in [3.8, 4) is 11.5 Å². The van der Waals surface area contributed by atoms with Gasteiger partial charge in [0.2, 0.25) is 0 Å². The Morgan fingerprint density at radius 3 is 2.52 bits per heavy atom. The molecule has 0 fully saturated rings. The van der Waals surface area contributed by atoms with Gasteiger partial charge in [0.25, 0.3) is 0 Å². The number of fused-ring (bicyclic) bond motifs is 1. The first-order valence-electron chi connectivity index (χ1n) is 8.35. The monoisotopic (exact) mass is 340 g/mol. The number of nitrogens with two attached hydrogens (primary N) is 1. The lowest BCUT2D eigenvalue weighted by atomic mass is 10.1. The molecule has 2 aromatic rings. The molecule has 6 nitrogen and oxygen atoms in total. The third kappa shape index (κ3) is 4.56. The van der Waals surface area contributed by atoms with Crippen LogP contribution in [0.25, 0.3) is 0 Å². The van der Waals surface area contributed by atoms with Gasteiger partial charge in [0.1, 0.15) is 13.2 Å². The van der Waals surface area contributed by atoms with Gasteiger partial charge < -0.3 is 25.4 Å². The third-order valence-electron chi connectivity index (χ3n) is 3.95. The van der Waals surface area contributed by atoms with Crippen LogP contribution in [-0.2, 0) is 6.42 Å². The van der Waals surface area contributed by atoms with Crippen molar-refractivity contribution in [2.45, 2.75) is 6.42 Å². The van der Waals surface area contributed by atoms with E-state index < -0.39 is 0 Å². The number of guanidine groups is 1. The van der Waals surface area contributed by atoms with Gasteiger partial charge in [-0.05, 0) is 36.2 Å². The van der Waals surface area contributed by atoms with E-state index in [2.05, 4.69) is 39.5 Å².